The average Bonchev–Trinajstić information content (AvgIpc) is 3.10. The van der Waals surface area contributed by atoms with Gasteiger partial charge in [0.05, 0.1) is 17.3 Å². The number of carboxylic acids is 1. The Balaban J connectivity index is 0.000000300. The molecular weight excluding hydrogens is 397 g/mol. The van der Waals surface area contributed by atoms with Crippen LogP contribution in [0.4, 0.5) is 13.2 Å². The van der Waals surface area contributed by atoms with E-state index in [1.807, 2.05) is 47.3 Å². The number of halogens is 3. The number of carbonyl (C=O) groups excluding carboxylic acids is 1. The van der Waals surface area contributed by atoms with Crippen LogP contribution in [0.3, 0.4) is 0 Å². The van der Waals surface area contributed by atoms with Gasteiger partial charge in [-0.25, -0.2) is 14.3 Å². The van der Waals surface area contributed by atoms with Crippen molar-refractivity contribution in [3.63, 3.8) is 0 Å². The summed E-state index contributed by atoms with van der Waals surface area (Å²) in [6.45, 7) is 0.482. The van der Waals surface area contributed by atoms with Crippen molar-refractivity contribution < 1.29 is 37.2 Å². The van der Waals surface area contributed by atoms with Crippen LogP contribution in [-0.4, -0.2) is 35.3 Å². The van der Waals surface area contributed by atoms with E-state index in [9.17, 15) is 22.8 Å². The number of fused-ring (bicyclic) bond motifs is 1. The van der Waals surface area contributed by atoms with Gasteiger partial charge in [-0.3, -0.25) is 4.79 Å². The largest absolute Gasteiger partial charge is 0.490 e. The highest BCUT2D eigenvalue weighted by molar-refractivity contribution is 7.21. The molecule has 0 aliphatic heterocycles. The Morgan fingerprint density at radius 2 is 1.82 bits per heavy atom. The fraction of sp³-hybridized carbons (Fsp3) is 0.222. The minimum absolute atomic E-state index is 0.130. The number of aryl methyl sites for hydroxylation is 1. The lowest BCUT2D eigenvalue weighted by atomic mass is 10.3. The third kappa shape index (κ3) is 6.02. The molecule has 0 saturated heterocycles. The fourth-order valence-corrected chi connectivity index (χ4v) is 3.06. The first-order chi connectivity index (χ1) is 13.2. The second-order valence-corrected chi connectivity index (χ2v) is 6.48. The number of benzene rings is 1. The molecule has 2 aromatic heterocycles. The number of para-hydroxylation sites is 1. The van der Waals surface area contributed by atoms with E-state index in [1.165, 1.54) is 4.70 Å². The van der Waals surface area contributed by atoms with Crippen molar-refractivity contribution in [2.24, 2.45) is 0 Å². The summed E-state index contributed by atoms with van der Waals surface area (Å²) < 4.78 is 39.3. The minimum atomic E-state index is -4.85. The van der Waals surface area contributed by atoms with E-state index in [1.54, 1.807) is 11.3 Å². The molecule has 0 atom stereocenters. The third-order valence-corrected chi connectivity index (χ3v) is 4.52. The number of thiazole rings is 1. The van der Waals surface area contributed by atoms with Gasteiger partial charge in [-0.15, -0.1) is 11.3 Å². The molecular formula is C18H16F3N2O4S+. The molecule has 0 spiro atoms. The molecule has 0 fully saturated rings. The normalized spacial score (nSPS) is 10.9. The van der Waals surface area contributed by atoms with Crippen molar-refractivity contribution in [2.45, 2.75) is 19.1 Å². The van der Waals surface area contributed by atoms with E-state index < -0.39 is 18.1 Å². The molecule has 3 aromatic rings. The van der Waals surface area contributed by atoms with E-state index >= 15 is 0 Å². The zero-order valence-corrected chi connectivity index (χ0v) is 15.5. The second kappa shape index (κ2) is 9.27. The number of carboxylic acid groups (broad SMARTS) is 1. The standard InChI is InChI=1S/C15H12N2O2S.C3H3F3O2/c18-14(19)7-10-17-8-5-11(6-9-17)15-16-12-3-1-2-4-13(12)20-15;1-8-2(7)3(4,5)6/h1-6,8-9H,7,10H2;1H3/p+1. The van der Waals surface area contributed by atoms with Gasteiger partial charge in [0.25, 0.3) is 0 Å². The number of alkyl halides is 3. The molecule has 2 heterocycles. The summed E-state index contributed by atoms with van der Waals surface area (Å²) in [5.41, 5.74) is 2.06. The SMILES string of the molecule is COC(=O)C(F)(F)F.O=C(O)CC[n+]1ccc(-c2nc3ccccc3s2)cc1. The fourth-order valence-electron chi connectivity index (χ4n) is 2.09. The van der Waals surface area contributed by atoms with Crippen molar-refractivity contribution in [1.29, 1.82) is 0 Å². The Morgan fingerprint density at radius 1 is 1.18 bits per heavy atom. The Kier molecular flexibility index (Phi) is 7.05. The Labute approximate surface area is 161 Å². The van der Waals surface area contributed by atoms with E-state index in [2.05, 4.69) is 15.8 Å². The van der Waals surface area contributed by atoms with Crippen molar-refractivity contribution in [3.05, 3.63) is 48.8 Å². The molecule has 6 nitrogen and oxygen atoms in total. The molecule has 1 aromatic carbocycles. The molecule has 0 amide bonds. The summed E-state index contributed by atoms with van der Waals surface area (Å²) in [6.07, 6.45) is -0.936. The monoisotopic (exact) mass is 413 g/mol. The minimum Gasteiger partial charge on any atom is -0.481 e. The van der Waals surface area contributed by atoms with Gasteiger partial charge in [-0.2, -0.15) is 13.2 Å². The number of nitrogens with zero attached hydrogens (tertiary/aromatic N) is 2. The number of hydrogen-bond acceptors (Lipinski definition) is 5. The summed E-state index contributed by atoms with van der Waals surface area (Å²) >= 11 is 1.66. The van der Waals surface area contributed by atoms with Crippen molar-refractivity contribution in [1.82, 2.24) is 4.98 Å². The Bertz CT molecular complexity index is 922. The number of aromatic nitrogens is 2. The Morgan fingerprint density at radius 3 is 2.32 bits per heavy atom. The molecule has 0 unspecified atom stereocenters. The lowest BCUT2D eigenvalue weighted by molar-refractivity contribution is -0.695. The predicted molar refractivity (Wildman–Crippen MR) is 95.6 cm³/mol. The maximum atomic E-state index is 11.0. The van der Waals surface area contributed by atoms with Crippen LogP contribution in [0.2, 0.25) is 0 Å². The molecule has 10 heteroatoms. The van der Waals surface area contributed by atoms with E-state index in [-0.39, 0.29) is 6.42 Å². The molecule has 148 valence electrons. The molecule has 3 rings (SSSR count). The van der Waals surface area contributed by atoms with Gasteiger partial charge in [0.15, 0.2) is 18.9 Å². The van der Waals surface area contributed by atoms with Gasteiger partial charge in [-0.1, -0.05) is 12.1 Å². The number of ether oxygens (including phenoxy) is 1. The van der Waals surface area contributed by atoms with Crippen LogP contribution >= 0.6 is 11.3 Å². The molecule has 0 aliphatic rings. The molecule has 28 heavy (non-hydrogen) atoms. The number of methoxy groups -OCH3 is 1. The van der Waals surface area contributed by atoms with Crippen molar-refractivity contribution in [3.8, 4) is 10.6 Å². The summed E-state index contributed by atoms with van der Waals surface area (Å²) in [5, 5.41) is 9.65. The van der Waals surface area contributed by atoms with Gasteiger partial charge in [0.1, 0.15) is 11.4 Å². The zero-order chi connectivity index (χ0) is 20.7. The number of aliphatic carboxylic acids is 1. The summed E-state index contributed by atoms with van der Waals surface area (Å²) in [7, 11) is 0.676. The lowest BCUT2D eigenvalue weighted by Gasteiger charge is -1.99. The lowest BCUT2D eigenvalue weighted by Crippen LogP contribution is -2.33. The summed E-state index contributed by atoms with van der Waals surface area (Å²) in [6, 6.07) is 12.0. The zero-order valence-electron chi connectivity index (χ0n) is 14.6. The summed E-state index contributed by atoms with van der Waals surface area (Å²) in [4.78, 5) is 24.6. The Hall–Kier alpha value is -3.01. The summed E-state index contributed by atoms with van der Waals surface area (Å²) in [5.74, 6) is -2.95. The van der Waals surface area contributed by atoms with Gasteiger partial charge in [-0.05, 0) is 12.1 Å². The van der Waals surface area contributed by atoms with Crippen LogP contribution in [0.5, 0.6) is 0 Å². The smallest absolute Gasteiger partial charge is 0.481 e. The van der Waals surface area contributed by atoms with Crippen LogP contribution in [0.25, 0.3) is 20.8 Å². The maximum absolute atomic E-state index is 11.0. The van der Waals surface area contributed by atoms with Crippen LogP contribution in [0.1, 0.15) is 6.42 Å². The van der Waals surface area contributed by atoms with E-state index in [0.717, 1.165) is 16.1 Å². The van der Waals surface area contributed by atoms with Crippen LogP contribution in [-0.2, 0) is 20.9 Å². The molecule has 0 aliphatic carbocycles. The number of esters is 1. The first-order valence-corrected chi connectivity index (χ1v) is 8.74. The first-order valence-electron chi connectivity index (χ1n) is 7.92. The van der Waals surface area contributed by atoms with E-state index in [4.69, 9.17) is 5.11 Å². The molecule has 0 bridgehead atoms. The van der Waals surface area contributed by atoms with Crippen LogP contribution in [0.15, 0.2) is 48.8 Å². The molecule has 1 N–H and O–H groups in total. The van der Waals surface area contributed by atoms with Gasteiger partial charge in [0.2, 0.25) is 0 Å². The van der Waals surface area contributed by atoms with Gasteiger partial charge in [0, 0.05) is 17.7 Å². The topological polar surface area (TPSA) is 80.4 Å². The highest BCUT2D eigenvalue weighted by atomic mass is 32.1. The predicted octanol–water partition coefficient (Wildman–Crippen LogP) is 3.45. The van der Waals surface area contributed by atoms with Crippen molar-refractivity contribution in [2.75, 3.05) is 7.11 Å². The van der Waals surface area contributed by atoms with Crippen LogP contribution < -0.4 is 4.57 Å². The van der Waals surface area contributed by atoms with Gasteiger partial charge < -0.3 is 9.84 Å². The number of carbonyl (C=O) groups is 2. The van der Waals surface area contributed by atoms with Crippen LogP contribution in [0, 0.1) is 0 Å². The van der Waals surface area contributed by atoms with Gasteiger partial charge >= 0.3 is 18.1 Å². The molecule has 0 radical (unpaired) electrons. The highest BCUT2D eigenvalue weighted by Gasteiger charge is 2.40. The maximum Gasteiger partial charge on any atom is 0.490 e. The molecule has 0 saturated carbocycles. The third-order valence-electron chi connectivity index (χ3n) is 3.43. The number of hydrogen-bond donors (Lipinski definition) is 1. The van der Waals surface area contributed by atoms with E-state index in [0.29, 0.717) is 13.7 Å². The second-order valence-electron chi connectivity index (χ2n) is 5.44. The average molecular weight is 413 g/mol. The number of rotatable bonds is 4. The highest BCUT2D eigenvalue weighted by Crippen LogP contribution is 2.29. The first kappa shape index (κ1) is 21.3. The quantitative estimate of drug-likeness (QED) is 0.524. The number of pyridine rings is 1. The van der Waals surface area contributed by atoms with Crippen molar-refractivity contribution >= 4 is 33.5 Å².